The molecule has 10 nitrogen and oxygen atoms in total. The van der Waals surface area contributed by atoms with E-state index in [1.165, 1.54) is 11.3 Å². The van der Waals surface area contributed by atoms with Gasteiger partial charge >= 0.3 is 5.97 Å². The molecular weight excluding hydrogens is 546 g/mol. The maximum absolute atomic E-state index is 12.0. The lowest BCUT2D eigenvalue weighted by Crippen LogP contribution is -2.02. The van der Waals surface area contributed by atoms with E-state index in [0.717, 1.165) is 16.1 Å². The first-order valence-electron chi connectivity index (χ1n) is 12.8. The summed E-state index contributed by atoms with van der Waals surface area (Å²) in [6.45, 7) is 4.20. The molecule has 3 heterocycles. The molecule has 0 fully saturated rings. The minimum absolute atomic E-state index is 0.150. The van der Waals surface area contributed by atoms with Gasteiger partial charge in [0.05, 0.1) is 29.8 Å². The number of hydrogen-bond acceptors (Lipinski definition) is 10. The van der Waals surface area contributed by atoms with Gasteiger partial charge in [-0.3, -0.25) is 4.79 Å². The summed E-state index contributed by atoms with van der Waals surface area (Å²) >= 11 is 1.25. The van der Waals surface area contributed by atoms with E-state index in [1.807, 2.05) is 36.4 Å². The van der Waals surface area contributed by atoms with Crippen molar-refractivity contribution in [1.82, 2.24) is 14.8 Å². The van der Waals surface area contributed by atoms with E-state index in [1.54, 1.807) is 56.1 Å². The second-order valence-electron chi connectivity index (χ2n) is 8.76. The summed E-state index contributed by atoms with van der Waals surface area (Å²) < 4.78 is 29.9. The van der Waals surface area contributed by atoms with Gasteiger partial charge in [-0.05, 0) is 55.8 Å². The van der Waals surface area contributed by atoms with Crippen LogP contribution in [-0.2, 0) is 18.0 Å². The predicted molar refractivity (Wildman–Crippen MR) is 151 cm³/mol. The summed E-state index contributed by atoms with van der Waals surface area (Å²) in [6.07, 6.45) is 2.35. The molecule has 11 heteroatoms. The molecule has 0 unspecified atom stereocenters. The molecule has 2 aromatic carbocycles. The summed E-state index contributed by atoms with van der Waals surface area (Å²) in [5.41, 5.74) is 2.59. The van der Waals surface area contributed by atoms with E-state index in [0.29, 0.717) is 52.2 Å². The third kappa shape index (κ3) is 6.30. The summed E-state index contributed by atoms with van der Waals surface area (Å²) in [6, 6.07) is 18.4. The largest absolute Gasteiger partial charge is 0.493 e. The van der Waals surface area contributed by atoms with E-state index in [4.69, 9.17) is 23.4 Å². The first-order valence-corrected chi connectivity index (χ1v) is 13.6. The van der Waals surface area contributed by atoms with E-state index in [9.17, 15) is 9.59 Å². The average Bonchev–Trinajstić information content (AvgIpc) is 3.74. The van der Waals surface area contributed by atoms with Gasteiger partial charge in [0.2, 0.25) is 11.8 Å². The van der Waals surface area contributed by atoms with Crippen LogP contribution in [-0.4, -0.2) is 40.7 Å². The molecule has 3 aromatic heterocycles. The van der Waals surface area contributed by atoms with Gasteiger partial charge in [0, 0.05) is 6.20 Å². The molecule has 5 rings (SSSR count). The zero-order chi connectivity index (χ0) is 28.8. The monoisotopic (exact) mass is 573 g/mol. The van der Waals surface area contributed by atoms with Crippen molar-refractivity contribution in [2.75, 3.05) is 13.7 Å². The van der Waals surface area contributed by atoms with Crippen LogP contribution in [0.2, 0.25) is 0 Å². The number of carbonyl (C=O) groups is 2. The van der Waals surface area contributed by atoms with Crippen molar-refractivity contribution in [2.24, 2.45) is 0 Å². The molecule has 41 heavy (non-hydrogen) atoms. The van der Waals surface area contributed by atoms with E-state index in [-0.39, 0.29) is 25.1 Å². The normalized spacial score (nSPS) is 10.8. The maximum atomic E-state index is 12.0. The Balaban J connectivity index is 1.24. The summed E-state index contributed by atoms with van der Waals surface area (Å²) in [5.74, 6) is 1.91. The molecule has 0 saturated carbocycles. The van der Waals surface area contributed by atoms with E-state index < -0.39 is 0 Å². The quantitative estimate of drug-likeness (QED) is 0.130. The van der Waals surface area contributed by atoms with Crippen molar-refractivity contribution in [3.63, 3.8) is 0 Å². The first kappa shape index (κ1) is 27.7. The van der Waals surface area contributed by atoms with Gasteiger partial charge in [-0.1, -0.05) is 24.3 Å². The molecule has 0 N–H and O–H groups in total. The Morgan fingerprint density at radius 1 is 1.05 bits per heavy atom. The lowest BCUT2D eigenvalue weighted by Gasteiger charge is -2.12. The number of aromatic nitrogens is 3. The first-order chi connectivity index (χ1) is 20.0. The van der Waals surface area contributed by atoms with Gasteiger partial charge in [-0.2, -0.15) is 0 Å². The molecular formula is C30H27N3O7S. The van der Waals surface area contributed by atoms with Crippen LogP contribution >= 0.6 is 11.3 Å². The van der Waals surface area contributed by atoms with Crippen molar-refractivity contribution in [1.29, 1.82) is 0 Å². The molecule has 0 saturated heterocycles. The van der Waals surface area contributed by atoms with Crippen molar-refractivity contribution < 1.29 is 33.0 Å². The van der Waals surface area contributed by atoms with Crippen LogP contribution in [0.5, 0.6) is 17.4 Å². The topological polar surface area (TPSA) is 115 Å². The number of hydrogen-bond donors (Lipinski definition) is 0. The summed E-state index contributed by atoms with van der Waals surface area (Å²) in [5, 5.41) is 4.41. The maximum Gasteiger partial charge on any atom is 0.348 e. The average molecular weight is 574 g/mol. The minimum Gasteiger partial charge on any atom is -0.493 e. The number of carbonyl (C=O) groups excluding carboxylic acids is 2. The van der Waals surface area contributed by atoms with Crippen LogP contribution in [0.3, 0.4) is 0 Å². The van der Waals surface area contributed by atoms with Crippen LogP contribution < -0.4 is 14.2 Å². The van der Waals surface area contributed by atoms with Gasteiger partial charge < -0.3 is 23.4 Å². The number of aryl methyl sites for hydroxylation is 1. The third-order valence-electron chi connectivity index (χ3n) is 6.01. The van der Waals surface area contributed by atoms with Crippen molar-refractivity contribution in [3.8, 4) is 33.8 Å². The van der Waals surface area contributed by atoms with Crippen LogP contribution in [0.1, 0.15) is 44.0 Å². The second kappa shape index (κ2) is 12.5. The zero-order valence-corrected chi connectivity index (χ0v) is 23.5. The molecule has 0 atom stereocenters. The summed E-state index contributed by atoms with van der Waals surface area (Å²) in [4.78, 5) is 29.3. The number of nitrogens with zero attached hydrogens (tertiary/aromatic N) is 3. The van der Waals surface area contributed by atoms with Crippen LogP contribution in [0, 0.1) is 6.92 Å². The standard InChI is InChI=1S/C30H27N3O7S/c1-4-37-30(35)27-13-12-26(41-27)29-31-23(19(2)40-29)18-38-24-11-10-20(14-25(24)36-3)17-39-28-21(16-34)15-33(32-28)22-8-6-5-7-9-22/h5-16H,4,17-18H2,1-3H3. The highest BCUT2D eigenvalue weighted by molar-refractivity contribution is 7.17. The minimum atomic E-state index is -0.373. The third-order valence-corrected chi connectivity index (χ3v) is 7.06. The lowest BCUT2D eigenvalue weighted by atomic mass is 10.2. The Hall–Kier alpha value is -4.90. The molecule has 5 aromatic rings. The highest BCUT2D eigenvalue weighted by Gasteiger charge is 2.18. The Bertz CT molecular complexity index is 1660. The van der Waals surface area contributed by atoms with Gasteiger partial charge in [0.15, 0.2) is 17.8 Å². The molecule has 210 valence electrons. The Labute approximate surface area is 240 Å². The number of para-hydroxylation sites is 1. The predicted octanol–water partition coefficient (Wildman–Crippen LogP) is 6.05. The fraction of sp³-hybridized carbons (Fsp3) is 0.200. The van der Waals surface area contributed by atoms with Gasteiger partial charge in [0.1, 0.15) is 29.5 Å². The molecule has 0 aliphatic rings. The van der Waals surface area contributed by atoms with Gasteiger partial charge in [-0.25, -0.2) is 14.5 Å². The highest BCUT2D eigenvalue weighted by Crippen LogP contribution is 2.32. The second-order valence-corrected chi connectivity index (χ2v) is 9.84. The lowest BCUT2D eigenvalue weighted by molar-refractivity contribution is 0.0532. The number of ether oxygens (including phenoxy) is 4. The number of thiophene rings is 1. The van der Waals surface area contributed by atoms with Gasteiger partial charge in [-0.15, -0.1) is 16.4 Å². The zero-order valence-electron chi connectivity index (χ0n) is 22.7. The van der Waals surface area contributed by atoms with Gasteiger partial charge in [0.25, 0.3) is 0 Å². The highest BCUT2D eigenvalue weighted by atomic mass is 32.1. The number of esters is 1. The van der Waals surface area contributed by atoms with E-state index in [2.05, 4.69) is 10.1 Å². The van der Waals surface area contributed by atoms with Crippen LogP contribution in [0.15, 0.2) is 71.3 Å². The number of aldehydes is 1. The number of benzene rings is 2. The number of rotatable bonds is 12. The number of methoxy groups -OCH3 is 1. The van der Waals surface area contributed by atoms with E-state index >= 15 is 0 Å². The SMILES string of the molecule is CCOC(=O)c1ccc(-c2nc(COc3ccc(COc4nn(-c5ccccc5)cc4C=O)cc3OC)c(C)o2)s1. The van der Waals surface area contributed by atoms with Crippen molar-refractivity contribution in [3.05, 3.63) is 94.3 Å². The molecule has 0 aliphatic carbocycles. The Morgan fingerprint density at radius 3 is 2.63 bits per heavy atom. The molecule has 0 amide bonds. The van der Waals surface area contributed by atoms with Crippen molar-refractivity contribution >= 4 is 23.6 Å². The number of oxazole rings is 1. The van der Waals surface area contributed by atoms with Crippen LogP contribution in [0.4, 0.5) is 0 Å². The van der Waals surface area contributed by atoms with Crippen molar-refractivity contribution in [2.45, 2.75) is 27.1 Å². The smallest absolute Gasteiger partial charge is 0.348 e. The summed E-state index contributed by atoms with van der Waals surface area (Å²) in [7, 11) is 1.55. The molecule has 0 bridgehead atoms. The fourth-order valence-corrected chi connectivity index (χ4v) is 4.75. The fourth-order valence-electron chi connectivity index (χ4n) is 3.93. The molecule has 0 aliphatic heterocycles. The Kier molecular flexibility index (Phi) is 8.44. The Morgan fingerprint density at radius 2 is 1.88 bits per heavy atom. The van der Waals surface area contributed by atoms with Crippen LogP contribution in [0.25, 0.3) is 16.5 Å². The molecule has 0 radical (unpaired) electrons. The molecule has 0 spiro atoms.